The Morgan fingerprint density at radius 1 is 1.10 bits per heavy atom. The summed E-state index contributed by atoms with van der Waals surface area (Å²) in [4.78, 5) is 12.5. The third kappa shape index (κ3) is 5.38. The molecule has 0 spiro atoms. The number of para-hydroxylation sites is 1. The van der Waals surface area contributed by atoms with Crippen molar-refractivity contribution in [1.29, 1.82) is 0 Å². The summed E-state index contributed by atoms with van der Waals surface area (Å²) in [6.45, 7) is 6.36. The fraction of sp³-hybridized carbons (Fsp3) is 0.409. The number of nitrogens with one attached hydrogen (secondary N) is 1. The number of carbonyl (C=O) groups is 1. The predicted octanol–water partition coefficient (Wildman–Crippen LogP) is 2.64. The van der Waals surface area contributed by atoms with Gasteiger partial charge in [-0.1, -0.05) is 32.0 Å². The molecular weight excluding hydrogens is 404 g/mol. The minimum atomic E-state index is -3.57. The number of sulfonamides is 1. The van der Waals surface area contributed by atoms with Gasteiger partial charge in [-0.15, -0.1) is 0 Å². The van der Waals surface area contributed by atoms with Gasteiger partial charge in [-0.05, 0) is 41.8 Å². The number of amides is 1. The van der Waals surface area contributed by atoms with E-state index in [9.17, 15) is 13.2 Å². The van der Waals surface area contributed by atoms with Gasteiger partial charge in [-0.25, -0.2) is 8.42 Å². The van der Waals surface area contributed by atoms with E-state index in [0.717, 1.165) is 11.3 Å². The van der Waals surface area contributed by atoms with Crippen LogP contribution in [0.15, 0.2) is 53.4 Å². The number of rotatable bonds is 8. The minimum absolute atomic E-state index is 0.176. The van der Waals surface area contributed by atoms with Gasteiger partial charge in [0.05, 0.1) is 24.7 Å². The molecule has 8 heteroatoms. The standard InChI is InChI=1S/C22H28N2O5S/c1-17(2)20-5-3-4-6-21(20)29-14-11-23-22(25)18-7-9-19(10-8-18)30(26,27)24-12-15-28-16-13-24/h3-10,17H,11-16H2,1-2H3,(H,23,25). The van der Waals surface area contributed by atoms with Gasteiger partial charge >= 0.3 is 0 Å². The first-order chi connectivity index (χ1) is 14.4. The highest BCUT2D eigenvalue weighted by Crippen LogP contribution is 2.25. The zero-order chi connectivity index (χ0) is 21.6. The molecule has 2 aromatic rings. The van der Waals surface area contributed by atoms with Crippen LogP contribution in [0.5, 0.6) is 5.75 Å². The van der Waals surface area contributed by atoms with E-state index < -0.39 is 10.0 Å². The van der Waals surface area contributed by atoms with Crippen molar-refractivity contribution < 1.29 is 22.7 Å². The fourth-order valence-electron chi connectivity index (χ4n) is 3.23. The summed E-state index contributed by atoms with van der Waals surface area (Å²) in [5.41, 5.74) is 1.53. The van der Waals surface area contributed by atoms with E-state index in [4.69, 9.17) is 9.47 Å². The van der Waals surface area contributed by atoms with Crippen LogP contribution in [0, 0.1) is 0 Å². The van der Waals surface area contributed by atoms with E-state index in [1.54, 1.807) is 0 Å². The van der Waals surface area contributed by atoms with Crippen LogP contribution in [0.1, 0.15) is 35.7 Å². The van der Waals surface area contributed by atoms with Gasteiger partial charge in [0.25, 0.3) is 5.91 Å². The summed E-state index contributed by atoms with van der Waals surface area (Å²) in [5, 5.41) is 2.80. The largest absolute Gasteiger partial charge is 0.491 e. The SMILES string of the molecule is CC(C)c1ccccc1OCCNC(=O)c1ccc(S(=O)(=O)N2CCOCC2)cc1. The molecule has 0 atom stereocenters. The molecule has 2 aromatic carbocycles. The van der Waals surface area contributed by atoms with Crippen LogP contribution < -0.4 is 10.1 Å². The zero-order valence-corrected chi connectivity index (χ0v) is 18.2. The smallest absolute Gasteiger partial charge is 0.251 e. The second-order valence-electron chi connectivity index (χ2n) is 7.34. The number of hydrogen-bond donors (Lipinski definition) is 1. The maximum atomic E-state index is 12.6. The maximum Gasteiger partial charge on any atom is 0.251 e. The number of ether oxygens (including phenoxy) is 2. The number of carbonyl (C=O) groups excluding carboxylic acids is 1. The summed E-state index contributed by atoms with van der Waals surface area (Å²) < 4.78 is 37.7. The Morgan fingerprint density at radius 3 is 2.43 bits per heavy atom. The van der Waals surface area contributed by atoms with Crippen LogP contribution in [0.25, 0.3) is 0 Å². The lowest BCUT2D eigenvalue weighted by atomic mass is 10.0. The third-order valence-corrected chi connectivity index (χ3v) is 6.82. The highest BCUT2D eigenvalue weighted by atomic mass is 32.2. The summed E-state index contributed by atoms with van der Waals surface area (Å²) in [7, 11) is -3.57. The van der Waals surface area contributed by atoms with E-state index >= 15 is 0 Å². The molecule has 1 fully saturated rings. The number of benzene rings is 2. The number of morpholine rings is 1. The molecule has 0 aromatic heterocycles. The molecule has 1 aliphatic heterocycles. The van der Waals surface area contributed by atoms with Crippen LogP contribution in [-0.2, 0) is 14.8 Å². The van der Waals surface area contributed by atoms with Crippen molar-refractivity contribution in [3.05, 3.63) is 59.7 Å². The Labute approximate surface area is 178 Å². The first kappa shape index (κ1) is 22.3. The maximum absolute atomic E-state index is 12.6. The van der Waals surface area contributed by atoms with E-state index in [1.807, 2.05) is 24.3 Å². The van der Waals surface area contributed by atoms with E-state index in [2.05, 4.69) is 19.2 Å². The van der Waals surface area contributed by atoms with Gasteiger partial charge in [-0.2, -0.15) is 4.31 Å². The van der Waals surface area contributed by atoms with Gasteiger partial charge in [0, 0.05) is 18.7 Å². The van der Waals surface area contributed by atoms with Crippen LogP contribution in [0.3, 0.4) is 0 Å². The zero-order valence-electron chi connectivity index (χ0n) is 17.3. The molecule has 1 amide bonds. The molecule has 1 N–H and O–H groups in total. The van der Waals surface area contributed by atoms with Crippen molar-refractivity contribution in [2.24, 2.45) is 0 Å². The Hall–Kier alpha value is -2.42. The molecule has 1 saturated heterocycles. The van der Waals surface area contributed by atoms with Gasteiger partial charge in [-0.3, -0.25) is 4.79 Å². The first-order valence-corrected chi connectivity index (χ1v) is 11.5. The molecule has 0 bridgehead atoms. The molecule has 0 aliphatic carbocycles. The Balaban J connectivity index is 1.53. The van der Waals surface area contributed by atoms with Crippen molar-refractivity contribution in [3.8, 4) is 5.75 Å². The Kier molecular flexibility index (Phi) is 7.47. The molecule has 1 heterocycles. The van der Waals surface area contributed by atoms with E-state index in [1.165, 1.54) is 28.6 Å². The monoisotopic (exact) mass is 432 g/mol. The van der Waals surface area contributed by atoms with Crippen LogP contribution in [0.2, 0.25) is 0 Å². The summed E-state index contributed by atoms with van der Waals surface area (Å²) in [6.07, 6.45) is 0. The van der Waals surface area contributed by atoms with Crippen molar-refractivity contribution in [1.82, 2.24) is 9.62 Å². The summed E-state index contributed by atoms with van der Waals surface area (Å²) in [6, 6.07) is 13.8. The second-order valence-corrected chi connectivity index (χ2v) is 9.28. The summed E-state index contributed by atoms with van der Waals surface area (Å²) in [5.74, 6) is 0.897. The third-order valence-electron chi connectivity index (χ3n) is 4.91. The lowest BCUT2D eigenvalue weighted by Crippen LogP contribution is -2.40. The van der Waals surface area contributed by atoms with E-state index in [0.29, 0.717) is 50.9 Å². The Bertz CT molecular complexity index is 952. The molecular formula is C22H28N2O5S. The van der Waals surface area contributed by atoms with Crippen LogP contribution in [0.4, 0.5) is 0 Å². The molecule has 0 saturated carbocycles. The van der Waals surface area contributed by atoms with Gasteiger partial charge in [0.15, 0.2) is 0 Å². The van der Waals surface area contributed by atoms with Crippen molar-refractivity contribution in [3.63, 3.8) is 0 Å². The van der Waals surface area contributed by atoms with E-state index in [-0.39, 0.29) is 10.8 Å². The first-order valence-electron chi connectivity index (χ1n) is 10.1. The Morgan fingerprint density at radius 2 is 1.77 bits per heavy atom. The average Bonchev–Trinajstić information content (AvgIpc) is 2.77. The highest BCUT2D eigenvalue weighted by Gasteiger charge is 2.26. The minimum Gasteiger partial charge on any atom is -0.491 e. The number of hydrogen-bond acceptors (Lipinski definition) is 5. The molecule has 3 rings (SSSR count). The van der Waals surface area contributed by atoms with Crippen LogP contribution in [-0.4, -0.2) is 58.1 Å². The lowest BCUT2D eigenvalue weighted by Gasteiger charge is -2.26. The van der Waals surface area contributed by atoms with Crippen molar-refractivity contribution >= 4 is 15.9 Å². The molecule has 162 valence electrons. The summed E-state index contributed by atoms with van der Waals surface area (Å²) >= 11 is 0. The molecule has 0 radical (unpaired) electrons. The molecule has 30 heavy (non-hydrogen) atoms. The predicted molar refractivity (Wildman–Crippen MR) is 114 cm³/mol. The van der Waals surface area contributed by atoms with Crippen LogP contribution >= 0.6 is 0 Å². The van der Waals surface area contributed by atoms with Gasteiger partial charge in [0.2, 0.25) is 10.0 Å². The molecule has 1 aliphatic rings. The quantitative estimate of drug-likeness (QED) is 0.648. The normalized spacial score (nSPS) is 15.2. The second kappa shape index (κ2) is 10.1. The van der Waals surface area contributed by atoms with Crippen molar-refractivity contribution in [2.45, 2.75) is 24.7 Å². The van der Waals surface area contributed by atoms with Gasteiger partial charge in [0.1, 0.15) is 12.4 Å². The lowest BCUT2D eigenvalue weighted by molar-refractivity contribution is 0.0730. The molecule has 7 nitrogen and oxygen atoms in total. The topological polar surface area (TPSA) is 84.9 Å². The highest BCUT2D eigenvalue weighted by molar-refractivity contribution is 7.89. The molecule has 0 unspecified atom stereocenters. The van der Waals surface area contributed by atoms with Gasteiger partial charge < -0.3 is 14.8 Å². The van der Waals surface area contributed by atoms with Crippen molar-refractivity contribution in [2.75, 3.05) is 39.5 Å². The average molecular weight is 433 g/mol. The fourth-order valence-corrected chi connectivity index (χ4v) is 4.64. The number of nitrogens with zero attached hydrogens (tertiary/aromatic N) is 1.